The standard InChI is InChI=1S/C17H20BrN/c1-3-11-19-13(2)15-5-4-6-16(12-15)14-7-9-17(18)10-8-14/h4-10,12-13,19H,3,11H2,1-2H3. The van der Waals surface area contributed by atoms with Crippen LogP contribution >= 0.6 is 15.9 Å². The largest absolute Gasteiger partial charge is 0.310 e. The Morgan fingerprint density at radius 3 is 2.47 bits per heavy atom. The maximum absolute atomic E-state index is 3.53. The van der Waals surface area contributed by atoms with Crippen LogP contribution < -0.4 is 5.32 Å². The number of halogens is 1. The number of benzene rings is 2. The zero-order valence-corrected chi connectivity index (χ0v) is 13.1. The zero-order valence-electron chi connectivity index (χ0n) is 11.5. The first-order valence-electron chi connectivity index (χ1n) is 6.80. The highest BCUT2D eigenvalue weighted by atomic mass is 79.9. The van der Waals surface area contributed by atoms with Gasteiger partial charge < -0.3 is 5.32 Å². The third kappa shape index (κ3) is 3.92. The average molecular weight is 318 g/mol. The Morgan fingerprint density at radius 2 is 1.79 bits per heavy atom. The summed E-state index contributed by atoms with van der Waals surface area (Å²) in [4.78, 5) is 0. The van der Waals surface area contributed by atoms with E-state index in [2.05, 4.69) is 83.6 Å². The third-order valence-electron chi connectivity index (χ3n) is 3.26. The van der Waals surface area contributed by atoms with Crippen LogP contribution in [-0.2, 0) is 0 Å². The van der Waals surface area contributed by atoms with E-state index >= 15 is 0 Å². The van der Waals surface area contributed by atoms with Crippen LogP contribution in [0.5, 0.6) is 0 Å². The molecule has 0 aromatic heterocycles. The molecule has 0 aliphatic carbocycles. The molecule has 0 radical (unpaired) electrons. The molecule has 2 aromatic rings. The molecular formula is C17H20BrN. The fraction of sp³-hybridized carbons (Fsp3) is 0.294. The van der Waals surface area contributed by atoms with Gasteiger partial charge >= 0.3 is 0 Å². The second-order valence-corrected chi connectivity index (χ2v) is 5.72. The molecule has 0 amide bonds. The Hall–Kier alpha value is -1.12. The van der Waals surface area contributed by atoms with Gasteiger partial charge in [-0.3, -0.25) is 0 Å². The topological polar surface area (TPSA) is 12.0 Å². The van der Waals surface area contributed by atoms with E-state index in [1.165, 1.54) is 16.7 Å². The van der Waals surface area contributed by atoms with Gasteiger partial charge in [-0.05, 0) is 54.8 Å². The van der Waals surface area contributed by atoms with Crippen molar-refractivity contribution in [2.45, 2.75) is 26.3 Å². The van der Waals surface area contributed by atoms with E-state index in [-0.39, 0.29) is 0 Å². The predicted octanol–water partition coefficient (Wildman–Crippen LogP) is 5.18. The fourth-order valence-electron chi connectivity index (χ4n) is 2.11. The molecule has 1 N–H and O–H groups in total. The molecule has 2 aromatic carbocycles. The maximum Gasteiger partial charge on any atom is 0.0292 e. The van der Waals surface area contributed by atoms with E-state index in [0.717, 1.165) is 17.4 Å². The Bertz CT molecular complexity index is 519. The third-order valence-corrected chi connectivity index (χ3v) is 3.79. The van der Waals surface area contributed by atoms with E-state index in [1.54, 1.807) is 0 Å². The first-order chi connectivity index (χ1) is 9.20. The summed E-state index contributed by atoms with van der Waals surface area (Å²) in [5.41, 5.74) is 3.87. The lowest BCUT2D eigenvalue weighted by molar-refractivity contribution is 0.571. The highest BCUT2D eigenvalue weighted by Gasteiger charge is 2.05. The number of hydrogen-bond acceptors (Lipinski definition) is 1. The molecule has 2 heteroatoms. The molecule has 1 unspecified atom stereocenters. The zero-order chi connectivity index (χ0) is 13.7. The molecule has 2 rings (SSSR count). The van der Waals surface area contributed by atoms with E-state index in [1.807, 2.05) is 0 Å². The molecule has 0 saturated heterocycles. The molecule has 0 spiro atoms. The number of hydrogen-bond donors (Lipinski definition) is 1. The molecule has 0 bridgehead atoms. The molecule has 0 heterocycles. The summed E-state index contributed by atoms with van der Waals surface area (Å²) in [5.74, 6) is 0. The highest BCUT2D eigenvalue weighted by molar-refractivity contribution is 9.10. The van der Waals surface area contributed by atoms with Crippen molar-refractivity contribution >= 4 is 15.9 Å². The summed E-state index contributed by atoms with van der Waals surface area (Å²) in [7, 11) is 0. The molecule has 1 nitrogen and oxygen atoms in total. The van der Waals surface area contributed by atoms with Crippen LogP contribution in [0.4, 0.5) is 0 Å². The minimum absolute atomic E-state index is 0.398. The smallest absolute Gasteiger partial charge is 0.0292 e. The van der Waals surface area contributed by atoms with E-state index in [9.17, 15) is 0 Å². The Kier molecular flexibility index (Phi) is 5.17. The van der Waals surface area contributed by atoms with Crippen LogP contribution in [0, 0.1) is 0 Å². The van der Waals surface area contributed by atoms with Gasteiger partial charge in [0.1, 0.15) is 0 Å². The minimum atomic E-state index is 0.398. The average Bonchev–Trinajstić information content (AvgIpc) is 2.45. The van der Waals surface area contributed by atoms with Gasteiger partial charge in [0.15, 0.2) is 0 Å². The van der Waals surface area contributed by atoms with E-state index in [0.29, 0.717) is 6.04 Å². The predicted molar refractivity (Wildman–Crippen MR) is 86.3 cm³/mol. The van der Waals surface area contributed by atoms with Crippen LogP contribution in [0.2, 0.25) is 0 Å². The molecular weight excluding hydrogens is 298 g/mol. The molecule has 0 fully saturated rings. The molecule has 19 heavy (non-hydrogen) atoms. The van der Waals surface area contributed by atoms with E-state index in [4.69, 9.17) is 0 Å². The van der Waals surface area contributed by atoms with Crippen molar-refractivity contribution in [3.63, 3.8) is 0 Å². The van der Waals surface area contributed by atoms with Crippen molar-refractivity contribution in [1.82, 2.24) is 5.32 Å². The van der Waals surface area contributed by atoms with Gasteiger partial charge in [0.2, 0.25) is 0 Å². The molecule has 1 atom stereocenters. The van der Waals surface area contributed by atoms with Crippen molar-refractivity contribution in [3.05, 3.63) is 58.6 Å². The first kappa shape index (κ1) is 14.3. The minimum Gasteiger partial charge on any atom is -0.310 e. The number of nitrogens with one attached hydrogen (secondary N) is 1. The van der Waals surface area contributed by atoms with Crippen LogP contribution in [0.15, 0.2) is 53.0 Å². The van der Waals surface area contributed by atoms with Crippen molar-refractivity contribution in [1.29, 1.82) is 0 Å². The summed E-state index contributed by atoms with van der Waals surface area (Å²) in [6.45, 7) is 5.47. The summed E-state index contributed by atoms with van der Waals surface area (Å²) in [6, 6.07) is 17.6. The molecule has 0 aliphatic heterocycles. The summed E-state index contributed by atoms with van der Waals surface area (Å²) < 4.78 is 1.12. The monoisotopic (exact) mass is 317 g/mol. The fourth-order valence-corrected chi connectivity index (χ4v) is 2.37. The molecule has 100 valence electrons. The van der Waals surface area contributed by atoms with Crippen LogP contribution in [0.3, 0.4) is 0 Å². The Morgan fingerprint density at radius 1 is 1.05 bits per heavy atom. The normalized spacial score (nSPS) is 12.4. The SMILES string of the molecule is CCCNC(C)c1cccc(-c2ccc(Br)cc2)c1. The van der Waals surface area contributed by atoms with Crippen molar-refractivity contribution in [3.8, 4) is 11.1 Å². The maximum atomic E-state index is 3.53. The van der Waals surface area contributed by atoms with Crippen molar-refractivity contribution in [2.24, 2.45) is 0 Å². The van der Waals surface area contributed by atoms with Gasteiger partial charge in [-0.1, -0.05) is 53.2 Å². The lowest BCUT2D eigenvalue weighted by Gasteiger charge is -2.14. The highest BCUT2D eigenvalue weighted by Crippen LogP contribution is 2.24. The quantitative estimate of drug-likeness (QED) is 0.801. The van der Waals surface area contributed by atoms with Crippen molar-refractivity contribution in [2.75, 3.05) is 6.54 Å². The summed E-state index contributed by atoms with van der Waals surface area (Å²) in [6.07, 6.45) is 1.16. The first-order valence-corrected chi connectivity index (χ1v) is 7.59. The Labute approximate surface area is 124 Å². The van der Waals surface area contributed by atoms with Crippen LogP contribution in [-0.4, -0.2) is 6.54 Å². The lowest BCUT2D eigenvalue weighted by Crippen LogP contribution is -2.19. The molecule has 0 aliphatic rings. The second kappa shape index (κ2) is 6.88. The van der Waals surface area contributed by atoms with Gasteiger partial charge in [0.05, 0.1) is 0 Å². The molecule has 0 saturated carbocycles. The van der Waals surface area contributed by atoms with Crippen LogP contribution in [0.25, 0.3) is 11.1 Å². The Balaban J connectivity index is 2.21. The number of rotatable bonds is 5. The summed E-state index contributed by atoms with van der Waals surface area (Å²) >= 11 is 3.47. The van der Waals surface area contributed by atoms with E-state index < -0.39 is 0 Å². The van der Waals surface area contributed by atoms with Gasteiger partial charge in [-0.25, -0.2) is 0 Å². The lowest BCUT2D eigenvalue weighted by atomic mass is 10.0. The van der Waals surface area contributed by atoms with Gasteiger partial charge in [0, 0.05) is 10.5 Å². The van der Waals surface area contributed by atoms with Gasteiger partial charge in [-0.15, -0.1) is 0 Å². The summed E-state index contributed by atoms with van der Waals surface area (Å²) in [5, 5.41) is 3.53. The van der Waals surface area contributed by atoms with Gasteiger partial charge in [0.25, 0.3) is 0 Å². The second-order valence-electron chi connectivity index (χ2n) is 4.81. The van der Waals surface area contributed by atoms with Crippen LogP contribution in [0.1, 0.15) is 31.9 Å². The van der Waals surface area contributed by atoms with Crippen molar-refractivity contribution < 1.29 is 0 Å². The van der Waals surface area contributed by atoms with Gasteiger partial charge in [-0.2, -0.15) is 0 Å².